The van der Waals surface area contributed by atoms with Crippen LogP contribution in [-0.2, 0) is 22.6 Å². The van der Waals surface area contributed by atoms with E-state index in [-0.39, 0.29) is 19.2 Å². The summed E-state index contributed by atoms with van der Waals surface area (Å²) in [4.78, 5) is 31.4. The maximum atomic E-state index is 13.0. The molecule has 0 aliphatic heterocycles. The summed E-state index contributed by atoms with van der Waals surface area (Å²) < 4.78 is 1.88. The Labute approximate surface area is 169 Å². The van der Waals surface area contributed by atoms with Crippen LogP contribution in [-0.4, -0.2) is 44.4 Å². The number of fused-ring (bicyclic) bond motifs is 2. The molecule has 1 unspecified atom stereocenters. The number of rotatable bonds is 6. The van der Waals surface area contributed by atoms with Gasteiger partial charge in [-0.25, -0.2) is 4.98 Å². The van der Waals surface area contributed by atoms with E-state index in [1.165, 1.54) is 5.56 Å². The molecule has 2 heterocycles. The summed E-state index contributed by atoms with van der Waals surface area (Å²) in [7, 11) is 0. The minimum atomic E-state index is -0.629. The molecule has 1 atom stereocenters. The van der Waals surface area contributed by atoms with Crippen LogP contribution in [0.4, 0.5) is 0 Å². The normalized spacial score (nSPS) is 15.3. The van der Waals surface area contributed by atoms with E-state index in [0.29, 0.717) is 13.0 Å². The summed E-state index contributed by atoms with van der Waals surface area (Å²) in [6.45, 7) is 0.578. The van der Waals surface area contributed by atoms with E-state index in [1.54, 1.807) is 11.1 Å². The van der Waals surface area contributed by atoms with Crippen molar-refractivity contribution in [1.82, 2.24) is 19.6 Å². The lowest BCUT2D eigenvalue weighted by Gasteiger charge is -2.29. The van der Waals surface area contributed by atoms with Crippen LogP contribution in [0.1, 0.15) is 35.6 Å². The van der Waals surface area contributed by atoms with Crippen LogP contribution in [0.2, 0.25) is 0 Å². The highest BCUT2D eigenvalue weighted by molar-refractivity contribution is 6.35. The van der Waals surface area contributed by atoms with Gasteiger partial charge in [-0.1, -0.05) is 24.3 Å². The Bertz CT molecular complexity index is 1030. The van der Waals surface area contributed by atoms with Crippen LogP contribution in [0.5, 0.6) is 0 Å². The maximum Gasteiger partial charge on any atom is 0.312 e. The van der Waals surface area contributed by atoms with Crippen molar-refractivity contribution in [2.45, 2.75) is 31.8 Å². The minimum Gasteiger partial charge on any atom is -0.396 e. The largest absolute Gasteiger partial charge is 0.396 e. The van der Waals surface area contributed by atoms with E-state index < -0.39 is 11.8 Å². The molecule has 4 rings (SSSR count). The van der Waals surface area contributed by atoms with Crippen molar-refractivity contribution in [1.29, 1.82) is 0 Å². The smallest absolute Gasteiger partial charge is 0.312 e. The number of nitrogens with zero attached hydrogens (tertiary/aromatic N) is 3. The van der Waals surface area contributed by atoms with Gasteiger partial charge in [0.25, 0.3) is 0 Å². The summed E-state index contributed by atoms with van der Waals surface area (Å²) in [6.07, 6.45) is 7.54. The molecule has 1 aliphatic carbocycles. The van der Waals surface area contributed by atoms with E-state index in [0.717, 1.165) is 29.6 Å². The summed E-state index contributed by atoms with van der Waals surface area (Å²) >= 11 is 0. The highest BCUT2D eigenvalue weighted by Crippen LogP contribution is 2.35. The van der Waals surface area contributed by atoms with Crippen LogP contribution < -0.4 is 5.32 Å². The molecule has 1 aromatic carbocycles. The lowest BCUT2D eigenvalue weighted by atomic mass is 10.1. The molecule has 1 aliphatic rings. The highest BCUT2D eigenvalue weighted by atomic mass is 16.3. The Kier molecular flexibility index (Phi) is 5.57. The average molecular weight is 392 g/mol. The lowest BCUT2D eigenvalue weighted by Crippen LogP contribution is -2.44. The number of hydrogen-bond acceptors (Lipinski definition) is 4. The standard InChI is InChI=1S/C22H24N4O3/c27-13-3-10-26(19-7-6-17-4-1-2-5-18(17)19)22(29)21(28)24-15-16-8-11-25-12-9-23-20(25)14-16/h1-2,4-5,8-9,11-12,14,19,27H,3,6-7,10,13,15H2,(H,24,28). The second kappa shape index (κ2) is 8.45. The molecule has 0 spiro atoms. The first kappa shape index (κ1) is 19.1. The summed E-state index contributed by atoms with van der Waals surface area (Å²) in [5.74, 6) is -1.18. The fourth-order valence-corrected chi connectivity index (χ4v) is 3.95. The van der Waals surface area contributed by atoms with Crippen molar-refractivity contribution >= 4 is 17.5 Å². The van der Waals surface area contributed by atoms with Gasteiger partial charge in [-0.2, -0.15) is 0 Å². The van der Waals surface area contributed by atoms with Gasteiger partial charge >= 0.3 is 11.8 Å². The molecule has 0 bridgehead atoms. The minimum absolute atomic E-state index is 0.0237. The molecule has 0 saturated carbocycles. The number of aliphatic hydroxyl groups excluding tert-OH is 1. The average Bonchev–Trinajstić information content (AvgIpc) is 3.39. The first-order chi connectivity index (χ1) is 14.2. The third-order valence-corrected chi connectivity index (χ3v) is 5.41. The zero-order valence-corrected chi connectivity index (χ0v) is 16.1. The van der Waals surface area contributed by atoms with Gasteiger partial charge in [-0.05, 0) is 48.1 Å². The summed E-state index contributed by atoms with van der Waals surface area (Å²) in [5.41, 5.74) is 3.97. The van der Waals surface area contributed by atoms with Crippen LogP contribution >= 0.6 is 0 Å². The molecule has 29 heavy (non-hydrogen) atoms. The second-order valence-electron chi connectivity index (χ2n) is 7.24. The zero-order chi connectivity index (χ0) is 20.2. The van der Waals surface area contributed by atoms with Crippen LogP contribution in [0.3, 0.4) is 0 Å². The molecule has 2 aromatic heterocycles. The van der Waals surface area contributed by atoms with Crippen molar-refractivity contribution in [2.75, 3.05) is 13.2 Å². The molecule has 7 heteroatoms. The number of pyridine rings is 1. The van der Waals surface area contributed by atoms with Crippen LogP contribution in [0, 0.1) is 0 Å². The Hall–Kier alpha value is -3.19. The number of nitrogens with one attached hydrogen (secondary N) is 1. The van der Waals surface area contributed by atoms with Gasteiger partial charge in [0.05, 0.1) is 6.04 Å². The fourth-order valence-electron chi connectivity index (χ4n) is 3.95. The Morgan fingerprint density at radius 3 is 2.97 bits per heavy atom. The predicted molar refractivity (Wildman–Crippen MR) is 108 cm³/mol. The van der Waals surface area contributed by atoms with E-state index in [9.17, 15) is 14.7 Å². The topological polar surface area (TPSA) is 86.9 Å². The molecular weight excluding hydrogens is 368 g/mol. The van der Waals surface area contributed by atoms with Gasteiger partial charge in [0, 0.05) is 38.3 Å². The van der Waals surface area contributed by atoms with Crippen molar-refractivity contribution in [2.24, 2.45) is 0 Å². The third kappa shape index (κ3) is 4.00. The first-order valence-corrected chi connectivity index (χ1v) is 9.86. The molecule has 2 N–H and O–H groups in total. The van der Waals surface area contributed by atoms with Gasteiger partial charge in [-0.15, -0.1) is 0 Å². The molecule has 0 fully saturated rings. The Morgan fingerprint density at radius 1 is 1.24 bits per heavy atom. The van der Waals surface area contributed by atoms with E-state index in [1.807, 2.05) is 47.1 Å². The molecule has 2 amide bonds. The van der Waals surface area contributed by atoms with Crippen molar-refractivity contribution in [3.05, 3.63) is 71.7 Å². The number of benzene rings is 1. The van der Waals surface area contributed by atoms with E-state index in [4.69, 9.17) is 0 Å². The van der Waals surface area contributed by atoms with Gasteiger partial charge in [0.2, 0.25) is 0 Å². The molecule has 0 radical (unpaired) electrons. The number of amides is 2. The summed E-state index contributed by atoms with van der Waals surface area (Å²) in [5, 5.41) is 12.0. The Balaban J connectivity index is 1.46. The lowest BCUT2D eigenvalue weighted by molar-refractivity contribution is -0.147. The van der Waals surface area contributed by atoms with E-state index >= 15 is 0 Å². The number of hydrogen-bond donors (Lipinski definition) is 2. The van der Waals surface area contributed by atoms with E-state index in [2.05, 4.69) is 16.4 Å². The van der Waals surface area contributed by atoms with Gasteiger partial charge in [0.15, 0.2) is 0 Å². The van der Waals surface area contributed by atoms with Crippen molar-refractivity contribution in [3.8, 4) is 0 Å². The number of imidazole rings is 1. The second-order valence-corrected chi connectivity index (χ2v) is 7.24. The number of aliphatic hydroxyl groups is 1. The number of carbonyl (C=O) groups is 2. The molecule has 0 saturated heterocycles. The molecule has 7 nitrogen and oxygen atoms in total. The maximum absolute atomic E-state index is 13.0. The number of aryl methyl sites for hydroxylation is 1. The van der Waals surface area contributed by atoms with Gasteiger partial charge < -0.3 is 19.7 Å². The van der Waals surface area contributed by atoms with Crippen molar-refractivity contribution in [3.63, 3.8) is 0 Å². The quantitative estimate of drug-likeness (QED) is 0.627. The third-order valence-electron chi connectivity index (χ3n) is 5.41. The van der Waals surface area contributed by atoms with Gasteiger partial charge in [-0.3, -0.25) is 9.59 Å². The number of carbonyl (C=O) groups excluding carboxylic acids is 2. The highest BCUT2D eigenvalue weighted by Gasteiger charge is 2.33. The van der Waals surface area contributed by atoms with Crippen LogP contribution in [0.15, 0.2) is 55.0 Å². The van der Waals surface area contributed by atoms with Gasteiger partial charge in [0.1, 0.15) is 5.65 Å². The monoisotopic (exact) mass is 392 g/mol. The molecule has 150 valence electrons. The number of aromatic nitrogens is 2. The van der Waals surface area contributed by atoms with Crippen LogP contribution in [0.25, 0.3) is 5.65 Å². The van der Waals surface area contributed by atoms with Crippen molar-refractivity contribution < 1.29 is 14.7 Å². The fraction of sp³-hybridized carbons (Fsp3) is 0.318. The first-order valence-electron chi connectivity index (χ1n) is 9.86. The molecular formula is C22H24N4O3. The molecule has 3 aromatic rings. The SMILES string of the molecule is O=C(NCc1ccn2ccnc2c1)C(=O)N(CCCO)C1CCc2ccccc21. The summed E-state index contributed by atoms with van der Waals surface area (Å²) in [6, 6.07) is 11.7. The Morgan fingerprint density at radius 2 is 2.10 bits per heavy atom. The predicted octanol–water partition coefficient (Wildman–Crippen LogP) is 1.85. The zero-order valence-electron chi connectivity index (χ0n) is 16.1.